The first-order chi connectivity index (χ1) is 7.66. The minimum Gasteiger partial charge on any atom is -0.393 e. The fourth-order valence-electron chi connectivity index (χ4n) is 1.84. The summed E-state index contributed by atoms with van der Waals surface area (Å²) >= 11 is 0. The summed E-state index contributed by atoms with van der Waals surface area (Å²) in [5, 5.41) is 20.0. The average molecular weight is 222 g/mol. The van der Waals surface area contributed by atoms with E-state index in [0.717, 1.165) is 24.8 Å². The van der Waals surface area contributed by atoms with Gasteiger partial charge in [-0.2, -0.15) is 0 Å². The lowest BCUT2D eigenvalue weighted by molar-refractivity contribution is 0.0157. The molecule has 0 aliphatic rings. The van der Waals surface area contributed by atoms with Gasteiger partial charge < -0.3 is 10.2 Å². The summed E-state index contributed by atoms with van der Waals surface area (Å²) in [6.45, 7) is 4.00. The van der Waals surface area contributed by atoms with E-state index in [1.807, 2.05) is 37.3 Å². The van der Waals surface area contributed by atoms with Crippen LogP contribution in [0.3, 0.4) is 0 Å². The van der Waals surface area contributed by atoms with Gasteiger partial charge >= 0.3 is 0 Å². The summed E-state index contributed by atoms with van der Waals surface area (Å²) in [7, 11) is 0. The molecule has 1 rings (SSSR count). The second-order valence-corrected chi connectivity index (χ2v) is 4.42. The van der Waals surface area contributed by atoms with E-state index in [-0.39, 0.29) is 5.92 Å². The second kappa shape index (κ2) is 6.66. The first-order valence-corrected chi connectivity index (χ1v) is 6.08. The highest BCUT2D eigenvalue weighted by Crippen LogP contribution is 2.26. The Hall–Kier alpha value is -0.860. The molecule has 1 aromatic rings. The van der Waals surface area contributed by atoms with Crippen molar-refractivity contribution in [1.82, 2.24) is 0 Å². The van der Waals surface area contributed by atoms with Crippen molar-refractivity contribution >= 4 is 0 Å². The number of hydrogen-bond donors (Lipinski definition) is 2. The van der Waals surface area contributed by atoms with Gasteiger partial charge in [0.15, 0.2) is 0 Å². The number of unbranched alkanes of at least 4 members (excludes halogenated alkanes) is 1. The Morgan fingerprint density at radius 1 is 1.12 bits per heavy atom. The van der Waals surface area contributed by atoms with Crippen molar-refractivity contribution in [2.75, 3.05) is 0 Å². The Balaban J connectivity index is 2.56. The molecular formula is C14H22O2. The minimum absolute atomic E-state index is 0.117. The zero-order valence-corrected chi connectivity index (χ0v) is 10.1. The van der Waals surface area contributed by atoms with E-state index in [2.05, 4.69) is 6.92 Å². The molecule has 2 nitrogen and oxygen atoms in total. The summed E-state index contributed by atoms with van der Waals surface area (Å²) in [6.07, 6.45) is 1.85. The Bertz CT molecular complexity index is 284. The molecule has 0 heterocycles. The normalized spacial score (nSPS) is 16.8. The van der Waals surface area contributed by atoms with Crippen LogP contribution in [0.2, 0.25) is 0 Å². The molecule has 0 bridgehead atoms. The van der Waals surface area contributed by atoms with E-state index in [1.54, 1.807) is 0 Å². The van der Waals surface area contributed by atoms with Crippen LogP contribution in [0.4, 0.5) is 0 Å². The van der Waals surface area contributed by atoms with Crippen LogP contribution in [0.5, 0.6) is 0 Å². The van der Waals surface area contributed by atoms with Crippen LogP contribution >= 0.6 is 0 Å². The molecule has 1 aromatic carbocycles. The molecule has 3 atom stereocenters. The van der Waals surface area contributed by atoms with Gasteiger partial charge in [0.1, 0.15) is 0 Å². The minimum atomic E-state index is -0.576. The van der Waals surface area contributed by atoms with Crippen molar-refractivity contribution in [3.05, 3.63) is 35.9 Å². The third-order valence-corrected chi connectivity index (χ3v) is 3.10. The standard InChI is InChI=1S/C14H22O2/c1-3-4-10-13(15)11(2)14(16)12-8-6-5-7-9-12/h5-9,11,13-16H,3-4,10H2,1-2H3/t11-,13-,14+/m0/s1. The lowest BCUT2D eigenvalue weighted by Crippen LogP contribution is -2.24. The molecule has 90 valence electrons. The Morgan fingerprint density at radius 2 is 1.75 bits per heavy atom. The van der Waals surface area contributed by atoms with Crippen LogP contribution in [-0.2, 0) is 0 Å². The van der Waals surface area contributed by atoms with Crippen molar-refractivity contribution in [2.24, 2.45) is 5.92 Å². The summed E-state index contributed by atoms with van der Waals surface area (Å²) in [4.78, 5) is 0. The van der Waals surface area contributed by atoms with Gasteiger partial charge in [0.25, 0.3) is 0 Å². The van der Waals surface area contributed by atoms with E-state index < -0.39 is 12.2 Å². The van der Waals surface area contributed by atoms with Gasteiger partial charge in [0, 0.05) is 5.92 Å². The molecule has 0 aromatic heterocycles. The quantitative estimate of drug-likeness (QED) is 0.777. The van der Waals surface area contributed by atoms with Gasteiger partial charge in [0.05, 0.1) is 12.2 Å². The SMILES string of the molecule is CCCC[C@H](O)[C@H](C)[C@@H](O)c1ccccc1. The maximum Gasteiger partial charge on any atom is 0.0840 e. The molecule has 2 heteroatoms. The van der Waals surface area contributed by atoms with Gasteiger partial charge in [-0.15, -0.1) is 0 Å². The molecule has 0 radical (unpaired) electrons. The zero-order valence-electron chi connectivity index (χ0n) is 10.1. The monoisotopic (exact) mass is 222 g/mol. The van der Waals surface area contributed by atoms with Crippen LogP contribution in [0.1, 0.15) is 44.8 Å². The Labute approximate surface area is 97.9 Å². The predicted octanol–water partition coefficient (Wildman–Crippen LogP) is 2.91. The molecule has 0 aliphatic carbocycles. The van der Waals surface area contributed by atoms with E-state index in [0.29, 0.717) is 0 Å². The predicted molar refractivity (Wildman–Crippen MR) is 66.1 cm³/mol. The summed E-state index contributed by atoms with van der Waals surface area (Å²) < 4.78 is 0. The smallest absolute Gasteiger partial charge is 0.0840 e. The van der Waals surface area contributed by atoms with Gasteiger partial charge in [-0.3, -0.25) is 0 Å². The van der Waals surface area contributed by atoms with Gasteiger partial charge in [-0.1, -0.05) is 57.0 Å². The van der Waals surface area contributed by atoms with Gasteiger partial charge in [-0.25, -0.2) is 0 Å². The summed E-state index contributed by atoms with van der Waals surface area (Å²) in [6, 6.07) is 9.53. The molecule has 2 N–H and O–H groups in total. The number of rotatable bonds is 6. The maximum atomic E-state index is 10.1. The molecular weight excluding hydrogens is 200 g/mol. The molecule has 0 spiro atoms. The number of benzene rings is 1. The Morgan fingerprint density at radius 3 is 2.31 bits per heavy atom. The highest BCUT2D eigenvalue weighted by Gasteiger charge is 2.22. The van der Waals surface area contributed by atoms with Crippen molar-refractivity contribution < 1.29 is 10.2 Å². The van der Waals surface area contributed by atoms with Crippen LogP contribution < -0.4 is 0 Å². The lowest BCUT2D eigenvalue weighted by atomic mass is 9.90. The fraction of sp³-hybridized carbons (Fsp3) is 0.571. The zero-order chi connectivity index (χ0) is 12.0. The highest BCUT2D eigenvalue weighted by atomic mass is 16.3. The first kappa shape index (κ1) is 13.2. The van der Waals surface area contributed by atoms with Crippen molar-refractivity contribution in [2.45, 2.75) is 45.3 Å². The number of hydrogen-bond acceptors (Lipinski definition) is 2. The summed E-state index contributed by atoms with van der Waals surface area (Å²) in [5.41, 5.74) is 0.880. The molecule has 0 unspecified atom stereocenters. The van der Waals surface area contributed by atoms with Crippen LogP contribution in [0, 0.1) is 5.92 Å². The molecule has 0 aliphatic heterocycles. The largest absolute Gasteiger partial charge is 0.393 e. The molecule has 0 fully saturated rings. The average Bonchev–Trinajstić information content (AvgIpc) is 2.35. The van der Waals surface area contributed by atoms with E-state index >= 15 is 0 Å². The topological polar surface area (TPSA) is 40.5 Å². The highest BCUT2D eigenvalue weighted by molar-refractivity contribution is 5.18. The number of aliphatic hydroxyl groups excluding tert-OH is 2. The molecule has 0 saturated heterocycles. The number of aliphatic hydroxyl groups is 2. The third kappa shape index (κ3) is 3.62. The lowest BCUT2D eigenvalue weighted by Gasteiger charge is -2.24. The third-order valence-electron chi connectivity index (χ3n) is 3.10. The maximum absolute atomic E-state index is 10.1. The summed E-state index contributed by atoms with van der Waals surface area (Å²) in [5.74, 6) is -0.117. The van der Waals surface area contributed by atoms with Crippen LogP contribution in [0.25, 0.3) is 0 Å². The van der Waals surface area contributed by atoms with Crippen molar-refractivity contribution in [3.63, 3.8) is 0 Å². The van der Waals surface area contributed by atoms with Crippen molar-refractivity contribution in [1.29, 1.82) is 0 Å². The first-order valence-electron chi connectivity index (χ1n) is 6.08. The van der Waals surface area contributed by atoms with E-state index in [9.17, 15) is 10.2 Å². The molecule has 0 saturated carbocycles. The van der Waals surface area contributed by atoms with Crippen LogP contribution in [-0.4, -0.2) is 16.3 Å². The molecule has 16 heavy (non-hydrogen) atoms. The van der Waals surface area contributed by atoms with Gasteiger partial charge in [-0.05, 0) is 12.0 Å². The fourth-order valence-corrected chi connectivity index (χ4v) is 1.84. The Kier molecular flexibility index (Phi) is 5.50. The van der Waals surface area contributed by atoms with E-state index in [1.165, 1.54) is 0 Å². The van der Waals surface area contributed by atoms with E-state index in [4.69, 9.17) is 0 Å². The van der Waals surface area contributed by atoms with Crippen molar-refractivity contribution in [3.8, 4) is 0 Å². The molecule has 0 amide bonds. The van der Waals surface area contributed by atoms with Crippen LogP contribution in [0.15, 0.2) is 30.3 Å². The van der Waals surface area contributed by atoms with Gasteiger partial charge in [0.2, 0.25) is 0 Å². The second-order valence-electron chi connectivity index (χ2n) is 4.42.